The Morgan fingerprint density at radius 2 is 1.65 bits per heavy atom. The summed E-state index contributed by atoms with van der Waals surface area (Å²) in [6, 6.07) is 38.8. The minimum absolute atomic E-state index is 0.285. The maximum atomic E-state index is 6.32. The van der Waals surface area contributed by atoms with E-state index in [1.54, 1.807) is 0 Å². The van der Waals surface area contributed by atoms with Crippen LogP contribution >= 0.6 is 0 Å². The maximum absolute atomic E-state index is 6.32. The highest BCUT2D eigenvalue weighted by Crippen LogP contribution is 2.49. The summed E-state index contributed by atoms with van der Waals surface area (Å²) < 4.78 is 6.32. The van der Waals surface area contributed by atoms with Crippen molar-refractivity contribution in [2.45, 2.75) is 31.9 Å². The molecule has 1 aliphatic carbocycles. The number of benzene rings is 5. The summed E-state index contributed by atoms with van der Waals surface area (Å²) in [6.45, 7) is 2.62. The predicted octanol–water partition coefficient (Wildman–Crippen LogP) is 9.30. The second-order valence-corrected chi connectivity index (χ2v) is 10.9. The third kappa shape index (κ3) is 4.69. The van der Waals surface area contributed by atoms with Gasteiger partial charge in [-0.25, -0.2) is 0 Å². The highest BCUT2D eigenvalue weighted by Gasteiger charge is 2.37. The number of hydrogen-bond acceptors (Lipinski definition) is 3. The Balaban J connectivity index is 1.15. The fourth-order valence-corrected chi connectivity index (χ4v) is 6.16. The van der Waals surface area contributed by atoms with Crippen LogP contribution in [0.25, 0.3) is 10.8 Å². The number of ether oxygens (including phenoxy) is 1. The molecule has 0 bridgehead atoms. The van der Waals surface area contributed by atoms with Gasteiger partial charge in [0.05, 0.1) is 11.7 Å². The van der Waals surface area contributed by atoms with E-state index in [2.05, 4.69) is 134 Å². The van der Waals surface area contributed by atoms with Gasteiger partial charge in [-0.05, 0) is 71.0 Å². The van der Waals surface area contributed by atoms with E-state index in [0.717, 1.165) is 34.4 Å². The van der Waals surface area contributed by atoms with Crippen molar-refractivity contribution in [3.8, 4) is 5.75 Å². The molecule has 0 spiro atoms. The molecule has 5 aromatic rings. The van der Waals surface area contributed by atoms with Gasteiger partial charge in [0, 0.05) is 23.4 Å². The van der Waals surface area contributed by atoms with Gasteiger partial charge in [-0.3, -0.25) is 4.99 Å². The van der Waals surface area contributed by atoms with Crippen molar-refractivity contribution >= 4 is 28.4 Å². The zero-order valence-electron chi connectivity index (χ0n) is 22.6. The molecule has 0 saturated carbocycles. The summed E-state index contributed by atoms with van der Waals surface area (Å²) in [5.74, 6) is 1.85. The van der Waals surface area contributed by atoms with Gasteiger partial charge in [0.15, 0.2) is 0 Å². The topological polar surface area (TPSA) is 33.6 Å². The molecule has 1 heterocycles. The van der Waals surface area contributed by atoms with Crippen molar-refractivity contribution in [1.29, 1.82) is 0 Å². The first-order chi connectivity index (χ1) is 19.7. The minimum Gasteiger partial charge on any atom is -0.488 e. The second-order valence-electron chi connectivity index (χ2n) is 10.9. The number of nitrogens with one attached hydrogen (secondary N) is 1. The predicted molar refractivity (Wildman–Crippen MR) is 166 cm³/mol. The van der Waals surface area contributed by atoms with Crippen LogP contribution in [0.1, 0.15) is 46.2 Å². The largest absolute Gasteiger partial charge is 0.488 e. The number of nitrogens with zero attached hydrogens (tertiary/aromatic N) is 1. The summed E-state index contributed by atoms with van der Waals surface area (Å²) in [5, 5.41) is 6.13. The standard InChI is InChI=1S/C37H32N2O/c1-25-13-15-26(16-14-25)24-40-36-22-19-27-7-2-3-8-30(27)34(36)23-38-29-20-17-28(18-21-29)37-33-11-6-10-31(33)32-9-4-5-12-35(32)39-37/h2-10,12-23,31,33,37,39H,11,24H2,1H3/t31-,33+,37-/m0/s1. The lowest BCUT2D eigenvalue weighted by Gasteiger charge is -2.37. The number of aliphatic imine (C=N–C) groups is 1. The quantitative estimate of drug-likeness (QED) is 0.179. The molecule has 40 heavy (non-hydrogen) atoms. The van der Waals surface area contributed by atoms with Crippen molar-refractivity contribution < 1.29 is 4.74 Å². The average molecular weight is 521 g/mol. The minimum atomic E-state index is 0.285. The number of para-hydroxylation sites is 1. The van der Waals surface area contributed by atoms with Gasteiger partial charge in [-0.15, -0.1) is 0 Å². The number of anilines is 1. The maximum Gasteiger partial charge on any atom is 0.129 e. The highest BCUT2D eigenvalue weighted by molar-refractivity contribution is 6.03. The molecule has 1 N–H and O–H groups in total. The van der Waals surface area contributed by atoms with Crippen molar-refractivity contribution in [1.82, 2.24) is 0 Å². The van der Waals surface area contributed by atoms with E-state index in [4.69, 9.17) is 9.73 Å². The van der Waals surface area contributed by atoms with Crippen LogP contribution in [-0.4, -0.2) is 6.21 Å². The summed E-state index contributed by atoms with van der Waals surface area (Å²) >= 11 is 0. The van der Waals surface area contributed by atoms with Crippen molar-refractivity contribution in [3.05, 3.63) is 149 Å². The Morgan fingerprint density at radius 3 is 2.52 bits per heavy atom. The van der Waals surface area contributed by atoms with E-state index in [0.29, 0.717) is 18.4 Å². The molecule has 3 nitrogen and oxygen atoms in total. The van der Waals surface area contributed by atoms with Crippen molar-refractivity contribution in [2.75, 3.05) is 5.32 Å². The molecule has 3 heteroatoms. The van der Waals surface area contributed by atoms with Crippen LogP contribution in [0.5, 0.6) is 5.75 Å². The van der Waals surface area contributed by atoms with E-state index < -0.39 is 0 Å². The molecule has 2 aliphatic rings. The molecular weight excluding hydrogens is 488 g/mol. The van der Waals surface area contributed by atoms with Crippen LogP contribution in [0.2, 0.25) is 0 Å². The van der Waals surface area contributed by atoms with E-state index in [-0.39, 0.29) is 6.04 Å². The molecule has 0 unspecified atom stereocenters. The number of hydrogen-bond donors (Lipinski definition) is 1. The summed E-state index contributed by atoms with van der Waals surface area (Å²) in [4.78, 5) is 4.90. The molecule has 0 radical (unpaired) electrons. The Bertz CT molecular complexity index is 1720. The van der Waals surface area contributed by atoms with Crippen molar-refractivity contribution in [2.24, 2.45) is 10.9 Å². The van der Waals surface area contributed by atoms with E-state index in [1.165, 1.54) is 27.8 Å². The van der Waals surface area contributed by atoms with Gasteiger partial charge >= 0.3 is 0 Å². The highest BCUT2D eigenvalue weighted by atomic mass is 16.5. The summed E-state index contributed by atoms with van der Waals surface area (Å²) in [7, 11) is 0. The summed E-state index contributed by atoms with van der Waals surface area (Å²) in [6.07, 6.45) is 7.78. The molecule has 196 valence electrons. The molecule has 5 aromatic carbocycles. The number of fused-ring (bicyclic) bond motifs is 4. The molecule has 1 aliphatic heterocycles. The first-order valence-electron chi connectivity index (χ1n) is 14.1. The third-order valence-corrected chi connectivity index (χ3v) is 8.31. The Morgan fingerprint density at radius 1 is 0.850 bits per heavy atom. The molecule has 0 aromatic heterocycles. The van der Waals surface area contributed by atoms with E-state index in [1.807, 2.05) is 6.21 Å². The lowest BCUT2D eigenvalue weighted by Crippen LogP contribution is -2.28. The molecule has 0 amide bonds. The molecule has 7 rings (SSSR count). The van der Waals surface area contributed by atoms with Crippen LogP contribution in [0.3, 0.4) is 0 Å². The van der Waals surface area contributed by atoms with Crippen LogP contribution in [0, 0.1) is 12.8 Å². The fraction of sp³-hybridized carbons (Fsp3) is 0.162. The summed E-state index contributed by atoms with van der Waals surface area (Å²) in [5.41, 5.74) is 8.29. The van der Waals surface area contributed by atoms with Gasteiger partial charge in [0.25, 0.3) is 0 Å². The van der Waals surface area contributed by atoms with Crippen LogP contribution in [0.4, 0.5) is 11.4 Å². The van der Waals surface area contributed by atoms with Gasteiger partial charge < -0.3 is 10.1 Å². The van der Waals surface area contributed by atoms with Gasteiger partial charge in [0.1, 0.15) is 12.4 Å². The van der Waals surface area contributed by atoms with Gasteiger partial charge in [-0.2, -0.15) is 0 Å². The Labute approximate surface area is 235 Å². The average Bonchev–Trinajstić information content (AvgIpc) is 3.50. The Kier molecular flexibility index (Phi) is 6.41. The number of rotatable bonds is 6. The molecule has 0 fully saturated rings. The zero-order chi connectivity index (χ0) is 26.9. The number of aryl methyl sites for hydroxylation is 1. The van der Waals surface area contributed by atoms with E-state index >= 15 is 0 Å². The third-order valence-electron chi connectivity index (χ3n) is 8.31. The monoisotopic (exact) mass is 520 g/mol. The fourth-order valence-electron chi connectivity index (χ4n) is 6.16. The first-order valence-corrected chi connectivity index (χ1v) is 14.1. The van der Waals surface area contributed by atoms with Gasteiger partial charge in [-0.1, -0.05) is 103 Å². The zero-order valence-corrected chi connectivity index (χ0v) is 22.6. The van der Waals surface area contributed by atoms with Crippen LogP contribution < -0.4 is 10.1 Å². The molecular formula is C37H32N2O. The van der Waals surface area contributed by atoms with Crippen molar-refractivity contribution in [3.63, 3.8) is 0 Å². The van der Waals surface area contributed by atoms with Crippen LogP contribution in [0.15, 0.2) is 126 Å². The Hall–Kier alpha value is -4.63. The first kappa shape index (κ1) is 24.4. The lowest BCUT2D eigenvalue weighted by molar-refractivity contribution is 0.306. The molecule has 0 saturated heterocycles. The number of allylic oxidation sites excluding steroid dienone is 2. The second kappa shape index (κ2) is 10.5. The lowest BCUT2D eigenvalue weighted by atomic mass is 9.77. The SMILES string of the molecule is Cc1ccc(COc2ccc3ccccc3c2C=Nc2ccc([C@@H]3Nc4ccccc4[C@@H]4C=CC[C@H]43)cc2)cc1. The van der Waals surface area contributed by atoms with Gasteiger partial charge in [0.2, 0.25) is 0 Å². The molecule has 3 atom stereocenters. The van der Waals surface area contributed by atoms with E-state index in [9.17, 15) is 0 Å². The normalized spacial score (nSPS) is 19.4. The van der Waals surface area contributed by atoms with Crippen LogP contribution in [-0.2, 0) is 6.61 Å². The smallest absolute Gasteiger partial charge is 0.129 e.